The Morgan fingerprint density at radius 3 is 2.37 bits per heavy atom. The largest absolute Gasteiger partial charge is 0.497 e. The molecule has 0 aliphatic heterocycles. The Bertz CT molecular complexity index is 821. The number of nitrogens with one attached hydrogen (secondary N) is 2. The van der Waals surface area contributed by atoms with Crippen LogP contribution in [-0.2, 0) is 0 Å². The van der Waals surface area contributed by atoms with Gasteiger partial charge >= 0.3 is 0 Å². The number of benzene rings is 2. The lowest BCUT2D eigenvalue weighted by Crippen LogP contribution is -2.37. The molecule has 0 fully saturated rings. The van der Waals surface area contributed by atoms with E-state index in [0.717, 1.165) is 0 Å². The number of hydrogen-bond acceptors (Lipinski definition) is 6. The Morgan fingerprint density at radius 1 is 1.19 bits per heavy atom. The van der Waals surface area contributed by atoms with Crippen molar-refractivity contribution in [3.8, 4) is 11.5 Å². The third-order valence-electron chi connectivity index (χ3n) is 3.75. The molecule has 0 saturated carbocycles. The number of nitro benzene ring substituents is 1. The number of ether oxygens (including phenoxy) is 2. The van der Waals surface area contributed by atoms with Crippen molar-refractivity contribution >= 4 is 28.9 Å². The van der Waals surface area contributed by atoms with Gasteiger partial charge in [-0.3, -0.25) is 14.9 Å². The molecule has 0 aliphatic rings. The van der Waals surface area contributed by atoms with E-state index in [1.165, 1.54) is 26.4 Å². The molecule has 8 nitrogen and oxygen atoms in total. The van der Waals surface area contributed by atoms with Gasteiger partial charge < -0.3 is 20.1 Å². The van der Waals surface area contributed by atoms with E-state index in [9.17, 15) is 14.9 Å². The molecule has 2 rings (SSSR count). The predicted molar refractivity (Wildman–Crippen MR) is 103 cm³/mol. The fourth-order valence-electron chi connectivity index (χ4n) is 2.37. The summed E-state index contributed by atoms with van der Waals surface area (Å²) in [6.07, 6.45) is 0. The highest BCUT2D eigenvalue weighted by Crippen LogP contribution is 2.27. The number of halogens is 1. The Balaban J connectivity index is 2.03. The number of anilines is 1. The van der Waals surface area contributed by atoms with Crippen molar-refractivity contribution in [2.45, 2.75) is 13.0 Å². The normalized spacial score (nSPS) is 11.4. The first-order valence-electron chi connectivity index (χ1n) is 8.05. The minimum absolute atomic E-state index is 0.126. The first-order valence-corrected chi connectivity index (χ1v) is 8.43. The van der Waals surface area contributed by atoms with Gasteiger partial charge in [0.25, 0.3) is 11.6 Å². The number of amides is 1. The van der Waals surface area contributed by atoms with Crippen molar-refractivity contribution < 1.29 is 19.2 Å². The van der Waals surface area contributed by atoms with Crippen molar-refractivity contribution in [1.29, 1.82) is 0 Å². The molecule has 9 heteroatoms. The minimum atomic E-state index is -0.514. The van der Waals surface area contributed by atoms with Crippen LogP contribution < -0.4 is 20.1 Å². The first kappa shape index (κ1) is 20.3. The van der Waals surface area contributed by atoms with E-state index in [1.807, 2.05) is 0 Å². The third kappa shape index (κ3) is 5.49. The van der Waals surface area contributed by atoms with Crippen molar-refractivity contribution in [2.24, 2.45) is 0 Å². The van der Waals surface area contributed by atoms with Crippen LogP contribution in [0.1, 0.15) is 17.3 Å². The summed E-state index contributed by atoms with van der Waals surface area (Å²) in [6, 6.07) is 8.93. The molecule has 1 amide bonds. The van der Waals surface area contributed by atoms with Gasteiger partial charge in [-0.1, -0.05) is 11.6 Å². The zero-order valence-corrected chi connectivity index (χ0v) is 15.9. The summed E-state index contributed by atoms with van der Waals surface area (Å²) in [6.45, 7) is 2.07. The zero-order valence-electron chi connectivity index (χ0n) is 15.1. The smallest absolute Gasteiger partial charge is 0.293 e. The van der Waals surface area contributed by atoms with Crippen LogP contribution in [0, 0.1) is 10.1 Å². The maximum Gasteiger partial charge on any atom is 0.293 e. The average molecular weight is 394 g/mol. The van der Waals surface area contributed by atoms with Gasteiger partial charge in [0.2, 0.25) is 0 Å². The number of rotatable bonds is 8. The summed E-state index contributed by atoms with van der Waals surface area (Å²) in [5.74, 6) is 0.691. The van der Waals surface area contributed by atoms with E-state index >= 15 is 0 Å². The lowest BCUT2D eigenvalue weighted by molar-refractivity contribution is -0.383. The molecule has 0 aromatic heterocycles. The van der Waals surface area contributed by atoms with Crippen LogP contribution >= 0.6 is 11.6 Å². The van der Waals surface area contributed by atoms with Gasteiger partial charge in [0.15, 0.2) is 0 Å². The molecule has 0 bridgehead atoms. The van der Waals surface area contributed by atoms with E-state index < -0.39 is 4.92 Å². The summed E-state index contributed by atoms with van der Waals surface area (Å²) in [5.41, 5.74) is 0.586. The van der Waals surface area contributed by atoms with Crippen molar-refractivity contribution in [3.05, 3.63) is 57.1 Å². The standard InChI is InChI=1S/C18H20ClN3O5/c1-11(10-20-16-5-4-13(19)8-17(16)22(24)25)21-18(23)12-6-14(26-2)9-15(7-12)27-3/h4-9,11,20H,10H2,1-3H3,(H,21,23)/t11-/m1/s1. The molecule has 27 heavy (non-hydrogen) atoms. The molecular weight excluding hydrogens is 374 g/mol. The molecule has 0 saturated heterocycles. The SMILES string of the molecule is COc1cc(OC)cc(C(=O)N[C@H](C)CNc2ccc(Cl)cc2[N+](=O)[O-])c1. The summed E-state index contributed by atoms with van der Waals surface area (Å²) < 4.78 is 10.3. The highest BCUT2D eigenvalue weighted by molar-refractivity contribution is 6.30. The minimum Gasteiger partial charge on any atom is -0.497 e. The van der Waals surface area contributed by atoms with Crippen LogP contribution in [0.4, 0.5) is 11.4 Å². The lowest BCUT2D eigenvalue weighted by Gasteiger charge is -2.16. The molecule has 0 spiro atoms. The van der Waals surface area contributed by atoms with Crippen LogP contribution in [0.3, 0.4) is 0 Å². The number of nitrogens with zero attached hydrogens (tertiary/aromatic N) is 1. The van der Waals surface area contributed by atoms with Gasteiger partial charge in [0.05, 0.1) is 19.1 Å². The summed E-state index contributed by atoms with van der Waals surface area (Å²) >= 11 is 5.80. The lowest BCUT2D eigenvalue weighted by atomic mass is 10.1. The van der Waals surface area contributed by atoms with Crippen molar-refractivity contribution in [2.75, 3.05) is 26.1 Å². The molecule has 2 aromatic carbocycles. The number of carbonyl (C=O) groups excluding carboxylic acids is 1. The number of nitro groups is 1. The van der Waals surface area contributed by atoms with Crippen LogP contribution in [0.5, 0.6) is 11.5 Å². The maximum absolute atomic E-state index is 12.4. The van der Waals surface area contributed by atoms with Crippen LogP contribution in [0.25, 0.3) is 0 Å². The van der Waals surface area contributed by atoms with E-state index in [4.69, 9.17) is 21.1 Å². The van der Waals surface area contributed by atoms with Gasteiger partial charge in [-0.25, -0.2) is 0 Å². The molecular formula is C18H20ClN3O5. The quantitative estimate of drug-likeness (QED) is 0.525. The van der Waals surface area contributed by atoms with Crippen molar-refractivity contribution in [1.82, 2.24) is 5.32 Å². The summed E-state index contributed by atoms with van der Waals surface area (Å²) in [4.78, 5) is 23.0. The fourth-order valence-corrected chi connectivity index (χ4v) is 2.53. The molecule has 0 unspecified atom stereocenters. The van der Waals surface area contributed by atoms with Crippen LogP contribution in [0.15, 0.2) is 36.4 Å². The highest BCUT2D eigenvalue weighted by atomic mass is 35.5. The Hall–Kier alpha value is -3.00. The first-order chi connectivity index (χ1) is 12.8. The van der Waals surface area contributed by atoms with E-state index in [1.54, 1.807) is 31.2 Å². The average Bonchev–Trinajstić information content (AvgIpc) is 2.66. The summed E-state index contributed by atoms with van der Waals surface area (Å²) in [7, 11) is 3.00. The van der Waals surface area contributed by atoms with Crippen LogP contribution in [0.2, 0.25) is 5.02 Å². The predicted octanol–water partition coefficient (Wildman–Crippen LogP) is 3.50. The van der Waals surface area contributed by atoms with Crippen molar-refractivity contribution in [3.63, 3.8) is 0 Å². The Morgan fingerprint density at radius 2 is 1.81 bits per heavy atom. The van der Waals surface area contributed by atoms with Gasteiger partial charge in [0, 0.05) is 35.3 Å². The topological polar surface area (TPSA) is 103 Å². The monoisotopic (exact) mass is 393 g/mol. The van der Waals surface area contributed by atoms with E-state index in [-0.39, 0.29) is 29.2 Å². The molecule has 0 heterocycles. The molecule has 0 aliphatic carbocycles. The molecule has 2 aromatic rings. The Labute approximate surface area is 161 Å². The van der Waals surface area contributed by atoms with Crippen LogP contribution in [-0.4, -0.2) is 37.6 Å². The van der Waals surface area contributed by atoms with Gasteiger partial charge in [-0.2, -0.15) is 0 Å². The Kier molecular flexibility index (Phi) is 6.84. The second kappa shape index (κ2) is 9.09. The molecule has 1 atom stereocenters. The zero-order chi connectivity index (χ0) is 20.0. The molecule has 144 valence electrons. The fraction of sp³-hybridized carbons (Fsp3) is 0.278. The van der Waals surface area contributed by atoms with Gasteiger partial charge in [-0.05, 0) is 31.2 Å². The summed E-state index contributed by atoms with van der Waals surface area (Å²) in [5, 5.41) is 17.2. The molecule has 2 N–H and O–H groups in total. The van der Waals surface area contributed by atoms with E-state index in [0.29, 0.717) is 22.7 Å². The van der Waals surface area contributed by atoms with Gasteiger partial charge in [-0.15, -0.1) is 0 Å². The number of hydrogen-bond donors (Lipinski definition) is 2. The highest BCUT2D eigenvalue weighted by Gasteiger charge is 2.16. The number of carbonyl (C=O) groups is 1. The second-order valence-electron chi connectivity index (χ2n) is 5.78. The maximum atomic E-state index is 12.4. The van der Waals surface area contributed by atoms with Gasteiger partial charge in [0.1, 0.15) is 17.2 Å². The van der Waals surface area contributed by atoms with E-state index in [2.05, 4.69) is 10.6 Å². The third-order valence-corrected chi connectivity index (χ3v) is 3.98. The number of methoxy groups -OCH3 is 2. The second-order valence-corrected chi connectivity index (χ2v) is 6.21. The molecule has 0 radical (unpaired) electrons.